The standard InChI is InChI=1S/C22H24N4OS/c1-2-16-28-22-23-19-10-6-7-11-20(19)26(22)17-24-12-14-25(15-13-24)21(27)18-8-4-3-5-9-18/h2-11H,1,12-17H2. The van der Waals surface area contributed by atoms with Crippen LogP contribution < -0.4 is 0 Å². The van der Waals surface area contributed by atoms with Gasteiger partial charge in [-0.2, -0.15) is 0 Å². The summed E-state index contributed by atoms with van der Waals surface area (Å²) in [5.41, 5.74) is 2.93. The Balaban J connectivity index is 1.45. The molecule has 1 aliphatic heterocycles. The number of imidazole rings is 1. The molecule has 6 heteroatoms. The lowest BCUT2D eigenvalue weighted by molar-refractivity contribution is 0.0592. The van der Waals surface area contributed by atoms with Crippen LogP contribution in [0, 0.1) is 0 Å². The average Bonchev–Trinajstić information content (AvgIpc) is 3.10. The first-order valence-electron chi connectivity index (χ1n) is 9.52. The number of carbonyl (C=O) groups excluding carboxylic acids is 1. The summed E-state index contributed by atoms with van der Waals surface area (Å²) in [6, 6.07) is 17.8. The molecule has 0 aliphatic carbocycles. The fourth-order valence-electron chi connectivity index (χ4n) is 3.49. The highest BCUT2D eigenvalue weighted by atomic mass is 32.2. The van der Waals surface area contributed by atoms with E-state index >= 15 is 0 Å². The molecule has 3 aromatic rings. The zero-order valence-corrected chi connectivity index (χ0v) is 16.6. The van der Waals surface area contributed by atoms with Crippen molar-refractivity contribution in [3.05, 3.63) is 72.8 Å². The van der Waals surface area contributed by atoms with Crippen LogP contribution in [0.15, 0.2) is 72.4 Å². The van der Waals surface area contributed by atoms with Crippen LogP contribution >= 0.6 is 11.8 Å². The molecule has 0 N–H and O–H groups in total. The molecule has 4 rings (SSSR count). The zero-order chi connectivity index (χ0) is 19.3. The monoisotopic (exact) mass is 392 g/mol. The SMILES string of the molecule is C=CCSc1nc2ccccc2n1CN1CCN(C(=O)c2ccccc2)CC1. The minimum atomic E-state index is 0.121. The Hall–Kier alpha value is -2.57. The second-order valence-corrected chi connectivity index (χ2v) is 7.82. The first-order valence-corrected chi connectivity index (χ1v) is 10.5. The summed E-state index contributed by atoms with van der Waals surface area (Å²) in [5.74, 6) is 0.957. The van der Waals surface area contributed by atoms with Crippen LogP contribution in [0.2, 0.25) is 0 Å². The van der Waals surface area contributed by atoms with E-state index in [1.807, 2.05) is 47.4 Å². The van der Waals surface area contributed by atoms with E-state index in [-0.39, 0.29) is 5.91 Å². The molecule has 2 heterocycles. The van der Waals surface area contributed by atoms with Crippen molar-refractivity contribution in [1.82, 2.24) is 19.4 Å². The van der Waals surface area contributed by atoms with Gasteiger partial charge in [-0.05, 0) is 24.3 Å². The van der Waals surface area contributed by atoms with E-state index in [0.29, 0.717) is 0 Å². The summed E-state index contributed by atoms with van der Waals surface area (Å²) in [4.78, 5) is 21.8. The van der Waals surface area contributed by atoms with Crippen molar-refractivity contribution in [2.75, 3.05) is 31.9 Å². The maximum atomic E-state index is 12.7. The minimum Gasteiger partial charge on any atom is -0.336 e. The van der Waals surface area contributed by atoms with Crippen molar-refractivity contribution in [3.63, 3.8) is 0 Å². The van der Waals surface area contributed by atoms with E-state index in [1.165, 1.54) is 0 Å². The lowest BCUT2D eigenvalue weighted by atomic mass is 10.2. The number of benzene rings is 2. The number of amides is 1. The molecule has 28 heavy (non-hydrogen) atoms. The molecule has 1 aromatic heterocycles. The van der Waals surface area contributed by atoms with Gasteiger partial charge < -0.3 is 9.47 Å². The molecule has 144 valence electrons. The number of rotatable bonds is 6. The lowest BCUT2D eigenvalue weighted by Crippen LogP contribution is -2.49. The van der Waals surface area contributed by atoms with Crippen LogP contribution in [0.5, 0.6) is 0 Å². The lowest BCUT2D eigenvalue weighted by Gasteiger charge is -2.35. The highest BCUT2D eigenvalue weighted by Gasteiger charge is 2.23. The van der Waals surface area contributed by atoms with Crippen molar-refractivity contribution in [2.45, 2.75) is 11.8 Å². The molecule has 0 radical (unpaired) electrons. The number of aromatic nitrogens is 2. The Morgan fingerprint density at radius 2 is 1.75 bits per heavy atom. The first-order chi connectivity index (χ1) is 13.8. The summed E-state index contributed by atoms with van der Waals surface area (Å²) in [6.45, 7) is 7.81. The van der Waals surface area contributed by atoms with Gasteiger partial charge in [0.05, 0.1) is 17.7 Å². The third-order valence-corrected chi connectivity index (χ3v) is 5.94. The number of para-hydroxylation sites is 2. The third-order valence-electron chi connectivity index (χ3n) is 4.97. The second-order valence-electron chi connectivity index (χ2n) is 6.83. The topological polar surface area (TPSA) is 41.4 Å². The molecule has 5 nitrogen and oxygen atoms in total. The molecule has 0 saturated carbocycles. The van der Waals surface area contributed by atoms with Crippen molar-refractivity contribution in [1.29, 1.82) is 0 Å². The Morgan fingerprint density at radius 1 is 1.04 bits per heavy atom. The molecule has 1 saturated heterocycles. The van der Waals surface area contributed by atoms with Crippen LogP contribution in [0.25, 0.3) is 11.0 Å². The Bertz CT molecular complexity index is 961. The smallest absolute Gasteiger partial charge is 0.253 e. The predicted molar refractivity (Wildman–Crippen MR) is 115 cm³/mol. The van der Waals surface area contributed by atoms with Gasteiger partial charge in [0.2, 0.25) is 0 Å². The maximum Gasteiger partial charge on any atom is 0.253 e. The second kappa shape index (κ2) is 8.63. The van der Waals surface area contributed by atoms with E-state index < -0.39 is 0 Å². The van der Waals surface area contributed by atoms with Gasteiger partial charge in [0, 0.05) is 37.5 Å². The summed E-state index contributed by atoms with van der Waals surface area (Å²) in [7, 11) is 0. The number of nitrogens with zero attached hydrogens (tertiary/aromatic N) is 4. The molecule has 0 bridgehead atoms. The van der Waals surface area contributed by atoms with E-state index in [0.717, 1.165) is 60.4 Å². The summed E-state index contributed by atoms with van der Waals surface area (Å²) in [5, 5.41) is 1.02. The molecule has 1 aliphatic rings. The number of thioether (sulfide) groups is 1. The Kier molecular flexibility index (Phi) is 5.78. The van der Waals surface area contributed by atoms with Crippen molar-refractivity contribution in [3.8, 4) is 0 Å². The molecule has 2 aromatic carbocycles. The van der Waals surface area contributed by atoms with Crippen LogP contribution in [-0.4, -0.2) is 57.2 Å². The van der Waals surface area contributed by atoms with Gasteiger partial charge in [0.25, 0.3) is 5.91 Å². The molecule has 0 unspecified atom stereocenters. The first kappa shape index (κ1) is 18.8. The largest absolute Gasteiger partial charge is 0.336 e. The van der Waals surface area contributed by atoms with Crippen LogP contribution in [0.3, 0.4) is 0 Å². The summed E-state index contributed by atoms with van der Waals surface area (Å²) < 4.78 is 2.28. The fourth-order valence-corrected chi connectivity index (χ4v) is 4.23. The number of hydrogen-bond acceptors (Lipinski definition) is 4. The van der Waals surface area contributed by atoms with Gasteiger partial charge in [0.15, 0.2) is 5.16 Å². The van der Waals surface area contributed by atoms with Crippen molar-refractivity contribution >= 4 is 28.7 Å². The minimum absolute atomic E-state index is 0.121. The molecular formula is C22H24N4OS. The number of fused-ring (bicyclic) bond motifs is 1. The van der Waals surface area contributed by atoms with Crippen LogP contribution in [0.4, 0.5) is 0 Å². The molecule has 1 fully saturated rings. The fraction of sp³-hybridized carbons (Fsp3) is 0.273. The van der Waals surface area contributed by atoms with E-state index in [9.17, 15) is 4.79 Å². The summed E-state index contributed by atoms with van der Waals surface area (Å²) in [6.07, 6.45) is 1.91. The van der Waals surface area contributed by atoms with Gasteiger partial charge >= 0.3 is 0 Å². The van der Waals surface area contributed by atoms with Crippen LogP contribution in [0.1, 0.15) is 10.4 Å². The highest BCUT2D eigenvalue weighted by Crippen LogP contribution is 2.25. The molecular weight excluding hydrogens is 368 g/mol. The van der Waals surface area contributed by atoms with Crippen molar-refractivity contribution in [2.24, 2.45) is 0 Å². The van der Waals surface area contributed by atoms with Crippen LogP contribution in [-0.2, 0) is 6.67 Å². The van der Waals surface area contributed by atoms with Gasteiger partial charge in [0.1, 0.15) is 0 Å². The zero-order valence-electron chi connectivity index (χ0n) is 15.8. The van der Waals surface area contributed by atoms with E-state index in [4.69, 9.17) is 4.98 Å². The summed E-state index contributed by atoms with van der Waals surface area (Å²) >= 11 is 1.71. The average molecular weight is 393 g/mol. The maximum absolute atomic E-state index is 12.7. The van der Waals surface area contributed by atoms with Crippen molar-refractivity contribution < 1.29 is 4.79 Å². The highest BCUT2D eigenvalue weighted by molar-refractivity contribution is 7.99. The molecule has 1 amide bonds. The van der Waals surface area contributed by atoms with Gasteiger partial charge in [-0.25, -0.2) is 4.98 Å². The third kappa shape index (κ3) is 3.98. The van der Waals surface area contributed by atoms with Gasteiger partial charge in [-0.3, -0.25) is 9.69 Å². The predicted octanol–water partition coefficient (Wildman–Crippen LogP) is 3.73. The normalized spacial score (nSPS) is 15.1. The molecule has 0 atom stereocenters. The van der Waals surface area contributed by atoms with E-state index in [2.05, 4.69) is 34.2 Å². The number of carbonyl (C=O) groups is 1. The quantitative estimate of drug-likeness (QED) is 0.473. The number of piperazine rings is 1. The number of hydrogen-bond donors (Lipinski definition) is 0. The van der Waals surface area contributed by atoms with E-state index in [1.54, 1.807) is 11.8 Å². The molecule has 0 spiro atoms. The Morgan fingerprint density at radius 3 is 2.50 bits per heavy atom. The van der Waals surface area contributed by atoms with Gasteiger partial charge in [-0.15, -0.1) is 6.58 Å². The Labute approximate surface area is 169 Å². The van der Waals surface area contributed by atoms with Gasteiger partial charge in [-0.1, -0.05) is 48.2 Å².